The second kappa shape index (κ2) is 5.40. The molecule has 0 aliphatic heterocycles. The summed E-state index contributed by atoms with van der Waals surface area (Å²) in [6.07, 6.45) is 2.09. The van der Waals surface area contributed by atoms with E-state index in [0.717, 1.165) is 17.8 Å². The molecule has 1 rings (SSSR count). The van der Waals surface area contributed by atoms with Crippen LogP contribution in [0.15, 0.2) is 42.6 Å². The molecule has 0 aliphatic rings. The highest BCUT2D eigenvalue weighted by Crippen LogP contribution is 2.18. The highest BCUT2D eigenvalue weighted by Gasteiger charge is 1.99. The van der Waals surface area contributed by atoms with Crippen LogP contribution >= 0.6 is 0 Å². The third-order valence-corrected chi connectivity index (χ3v) is 2.34. The van der Waals surface area contributed by atoms with Gasteiger partial charge in [0.15, 0.2) is 0 Å². The molecule has 0 amide bonds. The van der Waals surface area contributed by atoms with Crippen molar-refractivity contribution in [2.45, 2.75) is 20.8 Å². The smallest absolute Gasteiger partial charge is 0.0115 e. The fourth-order valence-corrected chi connectivity index (χ4v) is 1.60. The van der Waals surface area contributed by atoms with Crippen molar-refractivity contribution in [1.82, 2.24) is 5.32 Å². The van der Waals surface area contributed by atoms with E-state index in [1.807, 2.05) is 12.1 Å². The lowest BCUT2D eigenvalue weighted by Crippen LogP contribution is -2.09. The molecule has 0 radical (unpaired) electrons. The van der Waals surface area contributed by atoms with Gasteiger partial charge in [-0.25, -0.2) is 0 Å². The predicted molar refractivity (Wildman–Crippen MR) is 67.6 cm³/mol. The van der Waals surface area contributed by atoms with E-state index in [1.54, 1.807) is 0 Å². The molecule has 0 saturated heterocycles. The first-order chi connectivity index (χ1) is 7.15. The van der Waals surface area contributed by atoms with Crippen molar-refractivity contribution in [3.63, 3.8) is 0 Å². The van der Waals surface area contributed by atoms with Crippen LogP contribution in [0.4, 0.5) is 0 Å². The Balaban J connectivity index is 2.86. The molecule has 1 nitrogen and oxygen atoms in total. The van der Waals surface area contributed by atoms with Crippen LogP contribution in [0.3, 0.4) is 0 Å². The molecule has 80 valence electrons. The average Bonchev–Trinajstić information content (AvgIpc) is 2.18. The Morgan fingerprint density at radius 1 is 1.40 bits per heavy atom. The van der Waals surface area contributed by atoms with Crippen LogP contribution in [0.2, 0.25) is 0 Å². The van der Waals surface area contributed by atoms with Gasteiger partial charge in [-0.1, -0.05) is 30.8 Å². The van der Waals surface area contributed by atoms with Gasteiger partial charge in [-0.2, -0.15) is 0 Å². The summed E-state index contributed by atoms with van der Waals surface area (Å²) < 4.78 is 0. The van der Waals surface area contributed by atoms with E-state index >= 15 is 0 Å². The fourth-order valence-electron chi connectivity index (χ4n) is 1.60. The molecule has 1 N–H and O–H groups in total. The van der Waals surface area contributed by atoms with E-state index in [1.165, 1.54) is 11.1 Å². The minimum atomic E-state index is 0.948. The van der Waals surface area contributed by atoms with Gasteiger partial charge in [0.05, 0.1) is 0 Å². The normalized spacial score (nSPS) is 11.3. The molecule has 0 fully saturated rings. The number of allylic oxidation sites excluding steroid dienone is 3. The summed E-state index contributed by atoms with van der Waals surface area (Å²) in [5.74, 6) is 0. The lowest BCUT2D eigenvalue weighted by Gasteiger charge is -2.07. The lowest BCUT2D eigenvalue weighted by molar-refractivity contribution is 0.855. The maximum Gasteiger partial charge on any atom is 0.0115 e. The number of hydrogen-bond acceptors (Lipinski definition) is 1. The Kier molecular flexibility index (Phi) is 4.17. The quantitative estimate of drug-likeness (QED) is 0.735. The van der Waals surface area contributed by atoms with Crippen molar-refractivity contribution in [2.75, 3.05) is 6.54 Å². The molecule has 0 saturated carbocycles. The summed E-state index contributed by atoms with van der Waals surface area (Å²) in [7, 11) is 0. The highest BCUT2D eigenvalue weighted by atomic mass is 14.9. The van der Waals surface area contributed by atoms with Crippen molar-refractivity contribution < 1.29 is 0 Å². The van der Waals surface area contributed by atoms with Gasteiger partial charge in [0.1, 0.15) is 0 Å². The van der Waals surface area contributed by atoms with Crippen LogP contribution in [0.25, 0.3) is 5.57 Å². The first kappa shape index (κ1) is 11.6. The summed E-state index contributed by atoms with van der Waals surface area (Å²) in [5, 5.41) is 3.27. The Labute approximate surface area is 92.5 Å². The molecule has 0 aliphatic carbocycles. The van der Waals surface area contributed by atoms with E-state index in [-0.39, 0.29) is 0 Å². The fraction of sp³-hybridized carbons (Fsp3) is 0.286. The van der Waals surface area contributed by atoms with E-state index in [2.05, 4.69) is 50.9 Å². The summed E-state index contributed by atoms with van der Waals surface area (Å²) >= 11 is 0. The molecule has 1 aromatic carbocycles. The standard InChI is InChI=1S/C14H19N/c1-5-15-13(4)10-12(3)14-9-7-6-8-11(14)2/h6-10,15H,3,5H2,1-2,4H3/b13-10+. The van der Waals surface area contributed by atoms with Gasteiger partial charge >= 0.3 is 0 Å². The summed E-state index contributed by atoms with van der Waals surface area (Å²) in [4.78, 5) is 0. The molecule has 1 aromatic rings. The molecule has 0 bridgehead atoms. The minimum absolute atomic E-state index is 0.948. The molecule has 0 aromatic heterocycles. The minimum Gasteiger partial charge on any atom is -0.389 e. The van der Waals surface area contributed by atoms with Crippen molar-refractivity contribution in [3.05, 3.63) is 53.7 Å². The molecule has 0 unspecified atom stereocenters. The predicted octanol–water partition coefficient (Wildman–Crippen LogP) is 3.52. The van der Waals surface area contributed by atoms with E-state index in [4.69, 9.17) is 0 Å². The first-order valence-electron chi connectivity index (χ1n) is 5.32. The molecule has 15 heavy (non-hydrogen) atoms. The van der Waals surface area contributed by atoms with E-state index in [0.29, 0.717) is 0 Å². The average molecular weight is 201 g/mol. The van der Waals surface area contributed by atoms with Gasteiger partial charge in [0.2, 0.25) is 0 Å². The topological polar surface area (TPSA) is 12.0 Å². The maximum atomic E-state index is 4.09. The van der Waals surface area contributed by atoms with Gasteiger partial charge < -0.3 is 5.32 Å². The summed E-state index contributed by atoms with van der Waals surface area (Å²) in [6.45, 7) is 11.3. The van der Waals surface area contributed by atoms with Crippen LogP contribution in [0.1, 0.15) is 25.0 Å². The van der Waals surface area contributed by atoms with Crippen molar-refractivity contribution in [3.8, 4) is 0 Å². The van der Waals surface area contributed by atoms with Crippen LogP contribution in [0, 0.1) is 6.92 Å². The Hall–Kier alpha value is -1.50. The molecule has 0 atom stereocenters. The van der Waals surface area contributed by atoms with Crippen molar-refractivity contribution >= 4 is 5.57 Å². The highest BCUT2D eigenvalue weighted by molar-refractivity contribution is 5.74. The number of aryl methyl sites for hydroxylation is 1. The van der Waals surface area contributed by atoms with Gasteiger partial charge in [-0.3, -0.25) is 0 Å². The Morgan fingerprint density at radius 3 is 2.67 bits per heavy atom. The first-order valence-corrected chi connectivity index (χ1v) is 5.32. The molecule has 0 spiro atoms. The van der Waals surface area contributed by atoms with Crippen molar-refractivity contribution in [1.29, 1.82) is 0 Å². The van der Waals surface area contributed by atoms with Gasteiger partial charge in [0.25, 0.3) is 0 Å². The monoisotopic (exact) mass is 201 g/mol. The summed E-state index contributed by atoms with van der Waals surface area (Å²) in [6, 6.07) is 8.31. The molecular formula is C14H19N. The zero-order valence-electron chi connectivity index (χ0n) is 9.80. The van der Waals surface area contributed by atoms with Crippen molar-refractivity contribution in [2.24, 2.45) is 0 Å². The number of nitrogens with one attached hydrogen (secondary N) is 1. The number of benzene rings is 1. The van der Waals surface area contributed by atoms with Crippen LogP contribution < -0.4 is 5.32 Å². The number of hydrogen-bond donors (Lipinski definition) is 1. The second-order valence-corrected chi connectivity index (χ2v) is 3.70. The third-order valence-electron chi connectivity index (χ3n) is 2.34. The van der Waals surface area contributed by atoms with Crippen LogP contribution in [-0.4, -0.2) is 6.54 Å². The van der Waals surface area contributed by atoms with Gasteiger partial charge in [-0.15, -0.1) is 0 Å². The Bertz CT molecular complexity index is 375. The van der Waals surface area contributed by atoms with E-state index in [9.17, 15) is 0 Å². The van der Waals surface area contributed by atoms with Crippen LogP contribution in [0.5, 0.6) is 0 Å². The maximum absolute atomic E-state index is 4.09. The zero-order chi connectivity index (χ0) is 11.3. The number of rotatable bonds is 4. The second-order valence-electron chi connectivity index (χ2n) is 3.70. The lowest BCUT2D eigenvalue weighted by atomic mass is 10.0. The SMILES string of the molecule is C=C(/C=C(\C)NCC)c1ccccc1C. The largest absolute Gasteiger partial charge is 0.389 e. The molecule has 0 heterocycles. The zero-order valence-corrected chi connectivity index (χ0v) is 9.80. The van der Waals surface area contributed by atoms with E-state index < -0.39 is 0 Å². The van der Waals surface area contributed by atoms with Gasteiger partial charge in [-0.05, 0) is 43.5 Å². The van der Waals surface area contributed by atoms with Gasteiger partial charge in [0, 0.05) is 12.2 Å². The molecule has 1 heteroatoms. The Morgan fingerprint density at radius 2 is 2.07 bits per heavy atom. The summed E-state index contributed by atoms with van der Waals surface area (Å²) in [5.41, 5.74) is 4.70. The molecular weight excluding hydrogens is 182 g/mol. The third kappa shape index (κ3) is 3.28. The van der Waals surface area contributed by atoms with Crippen LogP contribution in [-0.2, 0) is 0 Å².